The highest BCUT2D eigenvalue weighted by molar-refractivity contribution is 5.91. The van der Waals surface area contributed by atoms with Gasteiger partial charge in [-0.1, -0.05) is 36.4 Å². The highest BCUT2D eigenvalue weighted by atomic mass is 16.5. The summed E-state index contributed by atoms with van der Waals surface area (Å²) in [5.41, 5.74) is 1.63. The molecule has 20 heavy (non-hydrogen) atoms. The molecule has 0 heterocycles. The van der Waals surface area contributed by atoms with Crippen molar-refractivity contribution in [2.75, 3.05) is 18.5 Å². The molecule has 0 spiro atoms. The van der Waals surface area contributed by atoms with Crippen LogP contribution in [0, 0.1) is 0 Å². The van der Waals surface area contributed by atoms with E-state index in [1.54, 1.807) is 6.07 Å². The van der Waals surface area contributed by atoms with Crippen LogP contribution in [0.25, 0.3) is 0 Å². The fourth-order valence-corrected chi connectivity index (χ4v) is 1.83. The summed E-state index contributed by atoms with van der Waals surface area (Å²) in [4.78, 5) is 11.8. The minimum Gasteiger partial charge on any atom is -0.483 e. The topological polar surface area (TPSA) is 58.6 Å². The van der Waals surface area contributed by atoms with E-state index in [-0.39, 0.29) is 19.1 Å². The van der Waals surface area contributed by atoms with Gasteiger partial charge in [0.2, 0.25) is 0 Å². The van der Waals surface area contributed by atoms with Crippen molar-refractivity contribution in [2.24, 2.45) is 0 Å². The number of hydrogen-bond donors (Lipinski definition) is 2. The van der Waals surface area contributed by atoms with Crippen LogP contribution in [0.4, 0.5) is 5.69 Å². The number of benzene rings is 2. The predicted molar refractivity (Wildman–Crippen MR) is 77.8 cm³/mol. The molecule has 0 aliphatic rings. The first kappa shape index (κ1) is 14.1. The molecule has 2 aromatic carbocycles. The molecule has 2 rings (SSSR count). The van der Waals surface area contributed by atoms with Crippen LogP contribution in [0.2, 0.25) is 0 Å². The number of anilines is 1. The largest absolute Gasteiger partial charge is 0.483 e. The molecule has 0 radical (unpaired) electrons. The van der Waals surface area contributed by atoms with E-state index in [9.17, 15) is 4.79 Å². The van der Waals surface area contributed by atoms with Gasteiger partial charge in [-0.3, -0.25) is 4.79 Å². The minimum atomic E-state index is -0.213. The van der Waals surface area contributed by atoms with Gasteiger partial charge >= 0.3 is 0 Å². The van der Waals surface area contributed by atoms with E-state index in [2.05, 4.69) is 5.32 Å². The van der Waals surface area contributed by atoms with Crippen LogP contribution in [0.5, 0.6) is 5.75 Å². The van der Waals surface area contributed by atoms with Crippen molar-refractivity contribution in [1.29, 1.82) is 0 Å². The molecule has 0 bridgehead atoms. The zero-order valence-electron chi connectivity index (χ0n) is 11.1. The average molecular weight is 271 g/mol. The number of rotatable bonds is 6. The summed E-state index contributed by atoms with van der Waals surface area (Å²) in [5.74, 6) is 0.416. The lowest BCUT2D eigenvalue weighted by Crippen LogP contribution is -2.20. The summed E-state index contributed by atoms with van der Waals surface area (Å²) in [7, 11) is 0. The molecular formula is C16H17NO3. The van der Waals surface area contributed by atoms with Crippen LogP contribution in [-0.2, 0) is 11.2 Å². The Balaban J connectivity index is 1.90. The van der Waals surface area contributed by atoms with Crippen molar-refractivity contribution in [2.45, 2.75) is 6.42 Å². The van der Waals surface area contributed by atoms with Gasteiger partial charge in [0.25, 0.3) is 5.91 Å². The summed E-state index contributed by atoms with van der Waals surface area (Å²) >= 11 is 0. The van der Waals surface area contributed by atoms with Crippen molar-refractivity contribution >= 4 is 11.6 Å². The van der Waals surface area contributed by atoms with Gasteiger partial charge in [-0.15, -0.1) is 0 Å². The smallest absolute Gasteiger partial charge is 0.262 e. The van der Waals surface area contributed by atoms with Gasteiger partial charge in [0.05, 0.1) is 0 Å². The second-order valence-electron chi connectivity index (χ2n) is 4.28. The molecule has 1 amide bonds. The molecule has 2 aromatic rings. The summed E-state index contributed by atoms with van der Waals surface area (Å²) in [5, 5.41) is 11.7. The predicted octanol–water partition coefficient (Wildman–Crippen LogP) is 2.24. The van der Waals surface area contributed by atoms with Gasteiger partial charge in [-0.25, -0.2) is 0 Å². The van der Waals surface area contributed by atoms with E-state index in [0.29, 0.717) is 12.2 Å². The quantitative estimate of drug-likeness (QED) is 0.847. The van der Waals surface area contributed by atoms with Crippen molar-refractivity contribution in [1.82, 2.24) is 0 Å². The zero-order valence-corrected chi connectivity index (χ0v) is 11.1. The first-order valence-electron chi connectivity index (χ1n) is 6.46. The third-order valence-electron chi connectivity index (χ3n) is 2.77. The lowest BCUT2D eigenvalue weighted by molar-refractivity contribution is -0.118. The Morgan fingerprint density at radius 1 is 1.05 bits per heavy atom. The summed E-state index contributed by atoms with van der Waals surface area (Å²) in [6.07, 6.45) is 0.510. The number of hydrogen-bond acceptors (Lipinski definition) is 3. The number of aliphatic hydroxyl groups excluding tert-OH is 1. The summed E-state index contributed by atoms with van der Waals surface area (Å²) < 4.78 is 5.50. The second kappa shape index (κ2) is 7.31. The van der Waals surface area contributed by atoms with Crippen LogP contribution < -0.4 is 10.1 Å². The van der Waals surface area contributed by atoms with Crippen LogP contribution in [-0.4, -0.2) is 24.2 Å². The normalized spacial score (nSPS) is 10.1. The van der Waals surface area contributed by atoms with E-state index in [4.69, 9.17) is 9.84 Å². The highest BCUT2D eigenvalue weighted by Gasteiger charge is 2.06. The zero-order chi connectivity index (χ0) is 14.2. The fourth-order valence-electron chi connectivity index (χ4n) is 1.83. The lowest BCUT2D eigenvalue weighted by Gasteiger charge is -2.10. The maximum Gasteiger partial charge on any atom is 0.262 e. The van der Waals surface area contributed by atoms with Crippen LogP contribution in [0.1, 0.15) is 5.56 Å². The third kappa shape index (κ3) is 4.10. The van der Waals surface area contributed by atoms with Gasteiger partial charge < -0.3 is 15.2 Å². The van der Waals surface area contributed by atoms with Gasteiger partial charge in [0.15, 0.2) is 6.61 Å². The molecule has 0 aliphatic heterocycles. The first-order chi connectivity index (χ1) is 9.79. The number of carbonyl (C=O) groups is 1. The van der Waals surface area contributed by atoms with Crippen LogP contribution >= 0.6 is 0 Å². The number of nitrogens with one attached hydrogen (secondary N) is 1. The van der Waals surface area contributed by atoms with Crippen molar-refractivity contribution < 1.29 is 14.6 Å². The van der Waals surface area contributed by atoms with E-state index in [0.717, 1.165) is 11.3 Å². The summed E-state index contributed by atoms with van der Waals surface area (Å²) in [6, 6.07) is 16.6. The Kier molecular flexibility index (Phi) is 5.15. The Morgan fingerprint density at radius 3 is 2.50 bits per heavy atom. The monoisotopic (exact) mass is 271 g/mol. The van der Waals surface area contributed by atoms with E-state index in [1.165, 1.54) is 0 Å². The van der Waals surface area contributed by atoms with E-state index < -0.39 is 0 Å². The molecule has 4 heteroatoms. The molecule has 0 aliphatic carbocycles. The molecule has 0 saturated carbocycles. The Hall–Kier alpha value is -2.33. The van der Waals surface area contributed by atoms with Gasteiger partial charge in [0, 0.05) is 12.3 Å². The number of aliphatic hydroxyl groups is 1. The molecule has 2 N–H and O–H groups in total. The third-order valence-corrected chi connectivity index (χ3v) is 2.77. The van der Waals surface area contributed by atoms with Crippen LogP contribution in [0.3, 0.4) is 0 Å². The van der Waals surface area contributed by atoms with Crippen molar-refractivity contribution in [3.8, 4) is 5.75 Å². The standard InChI is InChI=1S/C16H17NO3/c18-11-10-13-6-4-5-9-15(13)20-12-16(19)17-14-7-2-1-3-8-14/h1-9,18H,10-12H2,(H,17,19). The van der Waals surface area contributed by atoms with Gasteiger partial charge in [-0.05, 0) is 30.2 Å². The van der Waals surface area contributed by atoms with E-state index in [1.807, 2.05) is 48.5 Å². The first-order valence-corrected chi connectivity index (χ1v) is 6.46. The number of amides is 1. The molecule has 0 saturated heterocycles. The van der Waals surface area contributed by atoms with Crippen molar-refractivity contribution in [3.63, 3.8) is 0 Å². The molecule has 0 unspecified atom stereocenters. The fraction of sp³-hybridized carbons (Fsp3) is 0.188. The maximum absolute atomic E-state index is 11.8. The molecule has 0 atom stereocenters. The molecule has 0 aromatic heterocycles. The van der Waals surface area contributed by atoms with Crippen LogP contribution in [0.15, 0.2) is 54.6 Å². The molecule has 0 fully saturated rings. The van der Waals surface area contributed by atoms with Gasteiger partial charge in [0.1, 0.15) is 5.75 Å². The SMILES string of the molecule is O=C(COc1ccccc1CCO)Nc1ccccc1. The maximum atomic E-state index is 11.8. The number of carbonyl (C=O) groups excluding carboxylic acids is 1. The lowest BCUT2D eigenvalue weighted by atomic mass is 10.1. The Morgan fingerprint density at radius 2 is 1.75 bits per heavy atom. The van der Waals surface area contributed by atoms with E-state index >= 15 is 0 Å². The average Bonchev–Trinajstić information content (AvgIpc) is 2.48. The molecular weight excluding hydrogens is 254 g/mol. The molecule has 4 nitrogen and oxygen atoms in total. The van der Waals surface area contributed by atoms with Gasteiger partial charge in [-0.2, -0.15) is 0 Å². The molecule has 104 valence electrons. The minimum absolute atomic E-state index is 0.0522. The summed E-state index contributed by atoms with van der Waals surface area (Å²) in [6.45, 7) is -0.00603. The highest BCUT2D eigenvalue weighted by Crippen LogP contribution is 2.18. The number of ether oxygens (including phenoxy) is 1. The second-order valence-corrected chi connectivity index (χ2v) is 4.28. The number of para-hydroxylation sites is 2. The Labute approximate surface area is 118 Å². The Bertz CT molecular complexity index is 555. The van der Waals surface area contributed by atoms with Crippen molar-refractivity contribution in [3.05, 3.63) is 60.2 Å².